The molecule has 2 heteroatoms. The van der Waals surface area contributed by atoms with Crippen molar-refractivity contribution in [1.82, 2.24) is 0 Å². The Morgan fingerprint density at radius 2 is 1.95 bits per heavy atom. The Balaban J connectivity index is 1.65. The summed E-state index contributed by atoms with van der Waals surface area (Å²) in [6, 6.07) is 0. The van der Waals surface area contributed by atoms with E-state index in [1.54, 1.807) is 5.57 Å². The van der Waals surface area contributed by atoms with Gasteiger partial charge in [-0.15, -0.1) is 0 Å². The van der Waals surface area contributed by atoms with E-state index < -0.39 is 0 Å². The van der Waals surface area contributed by atoms with Crippen LogP contribution in [0.2, 0.25) is 0 Å². The van der Waals surface area contributed by atoms with Crippen LogP contribution in [-0.4, -0.2) is 17.0 Å². The minimum absolute atomic E-state index is 0.0724. The Kier molecular flexibility index (Phi) is 2.89. The molecule has 1 N–H and O–H groups in total. The fraction of sp³-hybridized carbons (Fsp3) is 0.833. The SMILES string of the molecule is C[C@]12CC[C@@H]3C4=C(CC[C@H]3[C@@H]1CC[C@H]2O)CC(=O)CC4. The minimum atomic E-state index is -0.0724. The van der Waals surface area contributed by atoms with Crippen LogP contribution in [0.5, 0.6) is 0 Å². The van der Waals surface area contributed by atoms with E-state index in [1.807, 2.05) is 0 Å². The molecule has 110 valence electrons. The molecular formula is C18H26O2. The summed E-state index contributed by atoms with van der Waals surface area (Å²) >= 11 is 0. The summed E-state index contributed by atoms with van der Waals surface area (Å²) in [6.07, 6.45) is 9.60. The Labute approximate surface area is 121 Å². The number of allylic oxidation sites excluding steroid dienone is 2. The van der Waals surface area contributed by atoms with Gasteiger partial charge < -0.3 is 5.11 Å². The number of aliphatic hydroxyl groups excluding tert-OH is 1. The number of fused-ring (bicyclic) bond motifs is 4. The highest BCUT2D eigenvalue weighted by Crippen LogP contribution is 2.60. The summed E-state index contributed by atoms with van der Waals surface area (Å²) in [5.74, 6) is 2.72. The number of aliphatic hydroxyl groups is 1. The normalized spacial score (nSPS) is 47.8. The zero-order valence-corrected chi connectivity index (χ0v) is 12.5. The van der Waals surface area contributed by atoms with E-state index in [2.05, 4.69) is 6.92 Å². The summed E-state index contributed by atoms with van der Waals surface area (Å²) < 4.78 is 0. The van der Waals surface area contributed by atoms with Crippen LogP contribution in [0.15, 0.2) is 11.1 Å². The average Bonchev–Trinajstić information content (AvgIpc) is 2.74. The summed E-state index contributed by atoms with van der Waals surface area (Å²) in [4.78, 5) is 11.7. The van der Waals surface area contributed by atoms with Gasteiger partial charge in [0.15, 0.2) is 0 Å². The second kappa shape index (κ2) is 4.43. The van der Waals surface area contributed by atoms with Crippen LogP contribution >= 0.6 is 0 Å². The van der Waals surface area contributed by atoms with Gasteiger partial charge in [0.1, 0.15) is 5.78 Å². The van der Waals surface area contributed by atoms with Gasteiger partial charge in [-0.1, -0.05) is 18.1 Å². The molecule has 0 radical (unpaired) electrons. The molecule has 0 aliphatic heterocycles. The number of Topliss-reactive ketones (excluding diaryl/α,β-unsaturated/α-hetero) is 1. The number of carbonyl (C=O) groups excluding carboxylic acids is 1. The highest BCUT2D eigenvalue weighted by molar-refractivity contribution is 5.82. The molecule has 0 aromatic carbocycles. The highest BCUT2D eigenvalue weighted by atomic mass is 16.3. The van der Waals surface area contributed by atoms with Crippen molar-refractivity contribution >= 4 is 5.78 Å². The van der Waals surface area contributed by atoms with Crippen LogP contribution in [0, 0.1) is 23.2 Å². The molecule has 4 rings (SSSR count). The number of carbonyl (C=O) groups is 1. The predicted molar refractivity (Wildman–Crippen MR) is 78.2 cm³/mol. The molecule has 0 saturated heterocycles. The molecule has 2 nitrogen and oxygen atoms in total. The maximum atomic E-state index is 11.7. The largest absolute Gasteiger partial charge is 0.393 e. The van der Waals surface area contributed by atoms with Gasteiger partial charge in [-0.2, -0.15) is 0 Å². The smallest absolute Gasteiger partial charge is 0.137 e. The van der Waals surface area contributed by atoms with Gasteiger partial charge in [-0.25, -0.2) is 0 Å². The van der Waals surface area contributed by atoms with Crippen molar-refractivity contribution in [1.29, 1.82) is 0 Å². The average molecular weight is 274 g/mol. The fourth-order valence-corrected chi connectivity index (χ4v) is 6.02. The van der Waals surface area contributed by atoms with Crippen molar-refractivity contribution in [3.63, 3.8) is 0 Å². The van der Waals surface area contributed by atoms with Crippen LogP contribution in [0.25, 0.3) is 0 Å². The molecule has 5 atom stereocenters. The van der Waals surface area contributed by atoms with E-state index >= 15 is 0 Å². The first-order chi connectivity index (χ1) is 9.59. The van der Waals surface area contributed by atoms with E-state index in [4.69, 9.17) is 0 Å². The second-order valence-electron chi connectivity index (χ2n) is 7.90. The van der Waals surface area contributed by atoms with Gasteiger partial charge in [0.25, 0.3) is 0 Å². The van der Waals surface area contributed by atoms with Crippen LogP contribution in [0.1, 0.15) is 64.7 Å². The quantitative estimate of drug-likeness (QED) is 0.685. The van der Waals surface area contributed by atoms with E-state index in [0.717, 1.165) is 49.9 Å². The van der Waals surface area contributed by atoms with E-state index in [-0.39, 0.29) is 11.5 Å². The maximum Gasteiger partial charge on any atom is 0.137 e. The third-order valence-electron chi connectivity index (χ3n) is 7.15. The van der Waals surface area contributed by atoms with Crippen LogP contribution in [-0.2, 0) is 4.79 Å². The minimum Gasteiger partial charge on any atom is -0.393 e. The molecular weight excluding hydrogens is 248 g/mol. The first kappa shape index (κ1) is 13.1. The maximum absolute atomic E-state index is 11.7. The number of hydrogen-bond acceptors (Lipinski definition) is 2. The number of hydrogen-bond donors (Lipinski definition) is 1. The molecule has 0 amide bonds. The summed E-state index contributed by atoms with van der Waals surface area (Å²) in [5, 5.41) is 10.4. The molecule has 2 fully saturated rings. The van der Waals surface area contributed by atoms with E-state index in [9.17, 15) is 9.90 Å². The Morgan fingerprint density at radius 3 is 2.80 bits per heavy atom. The monoisotopic (exact) mass is 274 g/mol. The van der Waals surface area contributed by atoms with Gasteiger partial charge >= 0.3 is 0 Å². The molecule has 0 unspecified atom stereocenters. The Hall–Kier alpha value is -0.630. The molecule has 0 aromatic heterocycles. The summed E-state index contributed by atoms with van der Waals surface area (Å²) in [7, 11) is 0. The van der Waals surface area contributed by atoms with Gasteiger partial charge in [-0.05, 0) is 68.1 Å². The first-order valence-electron chi connectivity index (χ1n) is 8.50. The Bertz CT molecular complexity index is 478. The predicted octanol–water partition coefficient (Wildman–Crippen LogP) is 3.63. The highest BCUT2D eigenvalue weighted by Gasteiger charge is 2.54. The molecule has 0 bridgehead atoms. The zero-order chi connectivity index (χ0) is 13.9. The molecule has 0 heterocycles. The molecule has 4 aliphatic carbocycles. The lowest BCUT2D eigenvalue weighted by atomic mass is 9.54. The van der Waals surface area contributed by atoms with E-state index in [1.165, 1.54) is 31.3 Å². The van der Waals surface area contributed by atoms with E-state index in [0.29, 0.717) is 5.78 Å². The molecule has 0 spiro atoms. The Morgan fingerprint density at radius 1 is 1.10 bits per heavy atom. The lowest BCUT2D eigenvalue weighted by molar-refractivity contribution is -0.119. The van der Waals surface area contributed by atoms with Crippen molar-refractivity contribution in [2.45, 2.75) is 70.8 Å². The number of ketones is 1. The van der Waals surface area contributed by atoms with Gasteiger partial charge in [0.2, 0.25) is 0 Å². The van der Waals surface area contributed by atoms with Crippen molar-refractivity contribution in [3.8, 4) is 0 Å². The third-order valence-corrected chi connectivity index (χ3v) is 7.15. The van der Waals surface area contributed by atoms with Gasteiger partial charge in [-0.3, -0.25) is 4.79 Å². The summed E-state index contributed by atoms with van der Waals surface area (Å²) in [5.41, 5.74) is 3.36. The van der Waals surface area contributed by atoms with Gasteiger partial charge in [0.05, 0.1) is 6.10 Å². The van der Waals surface area contributed by atoms with Crippen molar-refractivity contribution < 1.29 is 9.90 Å². The molecule has 4 aliphatic rings. The van der Waals surface area contributed by atoms with Crippen LogP contribution in [0.3, 0.4) is 0 Å². The molecule has 0 aromatic rings. The zero-order valence-electron chi connectivity index (χ0n) is 12.5. The second-order valence-corrected chi connectivity index (χ2v) is 7.90. The van der Waals surface area contributed by atoms with Crippen LogP contribution in [0.4, 0.5) is 0 Å². The molecule has 20 heavy (non-hydrogen) atoms. The lowest BCUT2D eigenvalue weighted by Crippen LogP contribution is -2.45. The topological polar surface area (TPSA) is 37.3 Å². The van der Waals surface area contributed by atoms with Crippen LogP contribution < -0.4 is 0 Å². The van der Waals surface area contributed by atoms with Crippen molar-refractivity contribution in [2.75, 3.05) is 0 Å². The summed E-state index contributed by atoms with van der Waals surface area (Å²) in [6.45, 7) is 2.33. The van der Waals surface area contributed by atoms with Crippen molar-refractivity contribution in [2.24, 2.45) is 23.2 Å². The molecule has 2 saturated carbocycles. The third kappa shape index (κ3) is 1.70. The first-order valence-corrected chi connectivity index (χ1v) is 8.50. The number of rotatable bonds is 0. The fourth-order valence-electron chi connectivity index (χ4n) is 6.02. The lowest BCUT2D eigenvalue weighted by Gasteiger charge is -2.51. The van der Waals surface area contributed by atoms with Crippen molar-refractivity contribution in [3.05, 3.63) is 11.1 Å². The standard InChI is InChI=1S/C18H26O2/c1-18-9-8-14-13-5-3-12(19)10-11(13)2-4-15(14)16(18)6-7-17(18)20/h14-17,20H,2-10H2,1H3/t14-,15-,16+,17-,18+/m1/s1. The van der Waals surface area contributed by atoms with Gasteiger partial charge in [0, 0.05) is 12.8 Å².